The van der Waals surface area contributed by atoms with Gasteiger partial charge in [0.1, 0.15) is 18.0 Å². The molecular formula is C15H19ClN4. The van der Waals surface area contributed by atoms with E-state index in [1.54, 1.807) is 6.33 Å². The average molecular weight is 291 g/mol. The quantitative estimate of drug-likeness (QED) is 0.775. The fraction of sp³-hybridized carbons (Fsp3) is 0.333. The first kappa shape index (κ1) is 14.6. The number of hydrogen-bond acceptors (Lipinski definition) is 4. The van der Waals surface area contributed by atoms with E-state index in [9.17, 15) is 0 Å². The van der Waals surface area contributed by atoms with Gasteiger partial charge in [0.15, 0.2) is 0 Å². The number of nitrogens with zero attached hydrogens (tertiary/aromatic N) is 2. The van der Waals surface area contributed by atoms with Crippen molar-refractivity contribution in [3.63, 3.8) is 0 Å². The zero-order valence-electron chi connectivity index (χ0n) is 11.8. The predicted octanol–water partition coefficient (Wildman–Crippen LogP) is 4.39. The lowest BCUT2D eigenvalue weighted by molar-refractivity contribution is 0.830. The van der Waals surface area contributed by atoms with Crippen LogP contribution in [0.15, 0.2) is 30.6 Å². The van der Waals surface area contributed by atoms with Crippen LogP contribution in [-0.2, 0) is 0 Å². The standard InChI is InChI=1S/C15H19ClN4/c1-3-4-7-17-14-9-15(19-10-18-14)20-13-8-12(16)6-5-11(13)2/h5-6,8-10H,3-4,7H2,1-2H3,(H2,17,18,19,20). The first-order valence-corrected chi connectivity index (χ1v) is 7.16. The Balaban J connectivity index is 2.09. The highest BCUT2D eigenvalue weighted by atomic mass is 35.5. The minimum absolute atomic E-state index is 0.702. The Hall–Kier alpha value is -1.81. The van der Waals surface area contributed by atoms with Crippen molar-refractivity contribution in [1.82, 2.24) is 9.97 Å². The summed E-state index contributed by atoms with van der Waals surface area (Å²) in [6.07, 6.45) is 3.83. The van der Waals surface area contributed by atoms with E-state index < -0.39 is 0 Å². The van der Waals surface area contributed by atoms with Gasteiger partial charge in [-0.15, -0.1) is 0 Å². The molecule has 1 aromatic heterocycles. The van der Waals surface area contributed by atoms with E-state index in [1.165, 1.54) is 0 Å². The summed E-state index contributed by atoms with van der Waals surface area (Å²) in [4.78, 5) is 8.43. The van der Waals surface area contributed by atoms with E-state index >= 15 is 0 Å². The summed E-state index contributed by atoms with van der Waals surface area (Å²) in [6, 6.07) is 7.64. The maximum Gasteiger partial charge on any atom is 0.135 e. The molecule has 0 aliphatic carbocycles. The molecule has 1 aromatic carbocycles. The Labute approximate surface area is 124 Å². The van der Waals surface area contributed by atoms with Crippen molar-refractivity contribution in [3.8, 4) is 0 Å². The van der Waals surface area contributed by atoms with Crippen molar-refractivity contribution in [1.29, 1.82) is 0 Å². The van der Waals surface area contributed by atoms with Gasteiger partial charge in [-0.25, -0.2) is 9.97 Å². The van der Waals surface area contributed by atoms with Gasteiger partial charge in [0.25, 0.3) is 0 Å². The summed E-state index contributed by atoms with van der Waals surface area (Å²) in [7, 11) is 0. The van der Waals surface area contributed by atoms with E-state index in [-0.39, 0.29) is 0 Å². The summed E-state index contributed by atoms with van der Waals surface area (Å²) >= 11 is 6.01. The number of aromatic nitrogens is 2. The minimum Gasteiger partial charge on any atom is -0.370 e. The molecule has 0 aliphatic rings. The molecule has 0 atom stereocenters. The number of benzene rings is 1. The van der Waals surface area contributed by atoms with Gasteiger partial charge in [0.2, 0.25) is 0 Å². The topological polar surface area (TPSA) is 49.8 Å². The van der Waals surface area contributed by atoms with Crippen molar-refractivity contribution in [2.24, 2.45) is 0 Å². The van der Waals surface area contributed by atoms with Crippen LogP contribution in [0.25, 0.3) is 0 Å². The second-order valence-corrected chi connectivity index (χ2v) is 5.09. The fourth-order valence-electron chi connectivity index (χ4n) is 1.78. The molecular weight excluding hydrogens is 272 g/mol. The van der Waals surface area contributed by atoms with Crippen LogP contribution in [0.4, 0.5) is 17.3 Å². The van der Waals surface area contributed by atoms with Crippen LogP contribution in [0, 0.1) is 6.92 Å². The molecule has 0 bridgehead atoms. The predicted molar refractivity (Wildman–Crippen MR) is 84.9 cm³/mol. The highest BCUT2D eigenvalue weighted by Crippen LogP contribution is 2.23. The van der Waals surface area contributed by atoms with Crippen molar-refractivity contribution >= 4 is 28.9 Å². The smallest absolute Gasteiger partial charge is 0.135 e. The molecule has 0 saturated carbocycles. The maximum atomic E-state index is 6.01. The number of rotatable bonds is 6. The molecule has 106 valence electrons. The zero-order valence-corrected chi connectivity index (χ0v) is 12.5. The Morgan fingerprint density at radius 2 is 1.95 bits per heavy atom. The first-order chi connectivity index (χ1) is 9.69. The summed E-state index contributed by atoms with van der Waals surface area (Å²) in [5.41, 5.74) is 2.07. The van der Waals surface area contributed by atoms with Crippen LogP contribution in [-0.4, -0.2) is 16.5 Å². The van der Waals surface area contributed by atoms with Gasteiger partial charge >= 0.3 is 0 Å². The van der Waals surface area contributed by atoms with Crippen LogP contribution >= 0.6 is 11.6 Å². The Morgan fingerprint density at radius 1 is 1.15 bits per heavy atom. The molecule has 1 heterocycles. The van der Waals surface area contributed by atoms with E-state index in [2.05, 4.69) is 27.5 Å². The molecule has 0 unspecified atom stereocenters. The summed E-state index contributed by atoms with van der Waals surface area (Å²) in [6.45, 7) is 5.11. The number of nitrogens with one attached hydrogen (secondary N) is 2. The largest absolute Gasteiger partial charge is 0.370 e. The molecule has 5 heteroatoms. The van der Waals surface area contributed by atoms with Gasteiger partial charge in [0, 0.05) is 23.3 Å². The molecule has 2 N–H and O–H groups in total. The van der Waals surface area contributed by atoms with Crippen LogP contribution in [0.3, 0.4) is 0 Å². The van der Waals surface area contributed by atoms with Crippen LogP contribution in [0.2, 0.25) is 5.02 Å². The Morgan fingerprint density at radius 3 is 2.75 bits per heavy atom. The second-order valence-electron chi connectivity index (χ2n) is 4.65. The third-order valence-corrected chi connectivity index (χ3v) is 3.20. The van der Waals surface area contributed by atoms with Crippen molar-refractivity contribution in [3.05, 3.63) is 41.2 Å². The Kier molecular flexibility index (Phi) is 5.18. The fourth-order valence-corrected chi connectivity index (χ4v) is 1.95. The van der Waals surface area contributed by atoms with E-state index in [0.717, 1.165) is 42.3 Å². The van der Waals surface area contributed by atoms with Gasteiger partial charge in [-0.05, 0) is 31.0 Å². The number of halogens is 1. The molecule has 0 spiro atoms. The lowest BCUT2D eigenvalue weighted by Crippen LogP contribution is -2.04. The molecule has 2 rings (SSSR count). The van der Waals surface area contributed by atoms with Gasteiger partial charge < -0.3 is 10.6 Å². The lowest BCUT2D eigenvalue weighted by Gasteiger charge is -2.10. The van der Waals surface area contributed by atoms with Crippen molar-refractivity contribution in [2.75, 3.05) is 17.2 Å². The van der Waals surface area contributed by atoms with Crippen LogP contribution in [0.1, 0.15) is 25.3 Å². The van der Waals surface area contributed by atoms with Gasteiger partial charge in [-0.1, -0.05) is 31.0 Å². The number of unbranched alkanes of at least 4 members (excludes halogenated alkanes) is 1. The molecule has 0 aliphatic heterocycles. The van der Waals surface area contributed by atoms with Crippen molar-refractivity contribution in [2.45, 2.75) is 26.7 Å². The molecule has 0 fully saturated rings. The SMILES string of the molecule is CCCCNc1cc(Nc2cc(Cl)ccc2C)ncn1. The third-order valence-electron chi connectivity index (χ3n) is 2.97. The Bertz CT molecular complexity index is 572. The molecule has 2 aromatic rings. The average Bonchev–Trinajstić information content (AvgIpc) is 2.44. The van der Waals surface area contributed by atoms with Gasteiger partial charge in [-0.3, -0.25) is 0 Å². The van der Waals surface area contributed by atoms with E-state index in [1.807, 2.05) is 31.2 Å². The molecule has 0 amide bonds. The lowest BCUT2D eigenvalue weighted by atomic mass is 10.2. The summed E-state index contributed by atoms with van der Waals surface area (Å²) < 4.78 is 0. The van der Waals surface area contributed by atoms with E-state index in [0.29, 0.717) is 5.02 Å². The van der Waals surface area contributed by atoms with Crippen LogP contribution < -0.4 is 10.6 Å². The number of aryl methyl sites for hydroxylation is 1. The van der Waals surface area contributed by atoms with E-state index in [4.69, 9.17) is 11.6 Å². The summed E-state index contributed by atoms with van der Waals surface area (Å²) in [5, 5.41) is 7.25. The zero-order chi connectivity index (χ0) is 14.4. The number of anilines is 3. The summed E-state index contributed by atoms with van der Waals surface area (Å²) in [5.74, 6) is 1.58. The molecule has 0 radical (unpaired) electrons. The highest BCUT2D eigenvalue weighted by Gasteiger charge is 2.03. The normalized spacial score (nSPS) is 10.3. The number of hydrogen-bond donors (Lipinski definition) is 2. The monoisotopic (exact) mass is 290 g/mol. The molecule has 4 nitrogen and oxygen atoms in total. The molecule has 20 heavy (non-hydrogen) atoms. The van der Waals surface area contributed by atoms with Gasteiger partial charge in [-0.2, -0.15) is 0 Å². The minimum atomic E-state index is 0.702. The maximum absolute atomic E-state index is 6.01. The molecule has 0 saturated heterocycles. The van der Waals surface area contributed by atoms with Crippen LogP contribution in [0.5, 0.6) is 0 Å². The highest BCUT2D eigenvalue weighted by molar-refractivity contribution is 6.30. The first-order valence-electron chi connectivity index (χ1n) is 6.78. The second kappa shape index (κ2) is 7.10. The third kappa shape index (κ3) is 4.10. The van der Waals surface area contributed by atoms with Gasteiger partial charge in [0.05, 0.1) is 0 Å². The van der Waals surface area contributed by atoms with Crippen molar-refractivity contribution < 1.29 is 0 Å².